The third-order valence-electron chi connectivity index (χ3n) is 8.60. The smallest absolute Gasteiger partial charge is 0.338 e. The van der Waals surface area contributed by atoms with Crippen molar-refractivity contribution in [2.45, 2.75) is 50.2 Å². The maximum absolute atomic E-state index is 13.0. The van der Waals surface area contributed by atoms with E-state index in [1.165, 1.54) is 0 Å². The number of carbonyl (C=O) groups is 2. The molecular formula is C27H33ClN2O6S. The molecule has 3 N–H and O–H groups in total. The van der Waals surface area contributed by atoms with Gasteiger partial charge in [0.2, 0.25) is 5.91 Å². The average molecular weight is 549 g/mol. The quantitative estimate of drug-likeness (QED) is 0.488. The second kappa shape index (κ2) is 9.55. The summed E-state index contributed by atoms with van der Waals surface area (Å²) in [4.78, 5) is 29.6. The molecule has 2 aromatic carbocycles. The highest BCUT2D eigenvalue weighted by Gasteiger charge is 2.45. The Kier molecular flexibility index (Phi) is 6.83. The second-order valence-corrected chi connectivity index (χ2v) is 12.9. The van der Waals surface area contributed by atoms with E-state index in [4.69, 9.17) is 4.74 Å². The highest BCUT2D eigenvalue weighted by atomic mass is 35.5. The SMILES string of the molecule is Cc1c([C@@H](O)CN2CCC3(CC2)CC(=O)N(c2ccc4c(c2)CCS4(O)O)C3)ccc2c1COC2=O.Cl. The molecule has 0 bridgehead atoms. The molecule has 0 aromatic heterocycles. The van der Waals surface area contributed by atoms with Crippen LogP contribution in [0.25, 0.3) is 0 Å². The van der Waals surface area contributed by atoms with Crippen LogP contribution in [0.2, 0.25) is 0 Å². The first-order valence-electron chi connectivity index (χ1n) is 12.5. The van der Waals surface area contributed by atoms with Crippen LogP contribution in [0.3, 0.4) is 0 Å². The zero-order valence-corrected chi connectivity index (χ0v) is 22.4. The Morgan fingerprint density at radius 3 is 2.65 bits per heavy atom. The Hall–Kier alpha value is -2.14. The number of halogens is 1. The van der Waals surface area contributed by atoms with Gasteiger partial charge in [-0.2, -0.15) is 10.6 Å². The van der Waals surface area contributed by atoms with Crippen molar-refractivity contribution in [2.75, 3.05) is 36.8 Å². The van der Waals surface area contributed by atoms with Gasteiger partial charge in [0.15, 0.2) is 0 Å². The number of fused-ring (bicyclic) bond motifs is 2. The topological polar surface area (TPSA) is 111 Å². The number of benzene rings is 2. The predicted molar refractivity (Wildman–Crippen MR) is 144 cm³/mol. The molecule has 0 aliphatic carbocycles. The fourth-order valence-corrected chi connectivity index (χ4v) is 7.95. The molecule has 2 saturated heterocycles. The standard InChI is InChI=1S/C27H32N2O6S.ClH/c1-17-20(3-4-21-22(17)15-35-26(21)32)23(30)14-28-9-7-27(8-10-28)13-25(31)29(16-27)19-2-5-24-18(12-19)6-11-36(24,33)34;/h2-5,12,23,30,33-34H,6-11,13-16H2,1H3;1H/t23-;/m0./s1. The minimum Gasteiger partial charge on any atom is -0.457 e. The molecule has 4 aliphatic rings. The Labute approximate surface area is 224 Å². The number of β-amino-alcohol motifs (C(OH)–C–C–N with tert-alkyl or cyclic N) is 1. The van der Waals surface area contributed by atoms with Gasteiger partial charge in [-0.3, -0.25) is 13.9 Å². The van der Waals surface area contributed by atoms with Crippen molar-refractivity contribution < 1.29 is 28.5 Å². The summed E-state index contributed by atoms with van der Waals surface area (Å²) >= 11 is 0. The molecule has 0 saturated carbocycles. The predicted octanol–water partition coefficient (Wildman–Crippen LogP) is 4.31. The van der Waals surface area contributed by atoms with Crippen LogP contribution in [-0.2, 0) is 22.6 Å². The van der Waals surface area contributed by atoms with Crippen molar-refractivity contribution in [3.05, 3.63) is 58.1 Å². The minimum absolute atomic E-state index is 0. The lowest BCUT2D eigenvalue weighted by Crippen LogP contribution is -2.43. The number of hydrogen-bond donors (Lipinski definition) is 3. The van der Waals surface area contributed by atoms with Crippen molar-refractivity contribution >= 4 is 40.6 Å². The summed E-state index contributed by atoms with van der Waals surface area (Å²) in [5.41, 5.74) is 4.94. The normalized spacial score (nSPS) is 23.4. The van der Waals surface area contributed by atoms with E-state index in [2.05, 4.69) is 4.90 Å². The van der Waals surface area contributed by atoms with Crippen molar-refractivity contribution in [3.8, 4) is 0 Å². The molecule has 2 aromatic rings. The fourth-order valence-electron chi connectivity index (χ4n) is 6.36. The summed E-state index contributed by atoms with van der Waals surface area (Å²) in [7, 11) is -2.68. The van der Waals surface area contributed by atoms with Gasteiger partial charge >= 0.3 is 5.97 Å². The largest absolute Gasteiger partial charge is 0.457 e. The molecule has 200 valence electrons. The van der Waals surface area contributed by atoms with Crippen LogP contribution in [0.4, 0.5) is 5.69 Å². The van der Waals surface area contributed by atoms with E-state index in [0.29, 0.717) is 42.1 Å². The summed E-state index contributed by atoms with van der Waals surface area (Å²) in [6, 6.07) is 9.16. The molecule has 1 spiro atoms. The number of aliphatic hydroxyl groups excluding tert-OH is 1. The Morgan fingerprint density at radius 2 is 1.89 bits per heavy atom. The van der Waals surface area contributed by atoms with E-state index in [9.17, 15) is 23.8 Å². The number of esters is 1. The average Bonchev–Trinajstić information content (AvgIpc) is 3.49. The number of nitrogens with zero attached hydrogens (tertiary/aromatic N) is 2. The van der Waals surface area contributed by atoms with Crippen molar-refractivity contribution in [2.24, 2.45) is 5.41 Å². The van der Waals surface area contributed by atoms with Gasteiger partial charge in [0.25, 0.3) is 0 Å². The fraction of sp³-hybridized carbons (Fsp3) is 0.481. The molecule has 4 heterocycles. The summed E-state index contributed by atoms with van der Waals surface area (Å²) < 4.78 is 25.5. The highest BCUT2D eigenvalue weighted by molar-refractivity contribution is 8.24. The van der Waals surface area contributed by atoms with E-state index < -0.39 is 16.7 Å². The summed E-state index contributed by atoms with van der Waals surface area (Å²) in [6.45, 7) is 5.02. The van der Waals surface area contributed by atoms with Crippen LogP contribution in [0, 0.1) is 12.3 Å². The second-order valence-electron chi connectivity index (χ2n) is 10.8. The molecular weight excluding hydrogens is 516 g/mol. The van der Waals surface area contributed by atoms with Crippen molar-refractivity contribution in [1.29, 1.82) is 0 Å². The van der Waals surface area contributed by atoms with Gasteiger partial charge in [-0.05, 0) is 85.6 Å². The van der Waals surface area contributed by atoms with E-state index in [1.807, 2.05) is 30.0 Å². The van der Waals surface area contributed by atoms with Gasteiger partial charge < -0.3 is 19.6 Å². The minimum atomic E-state index is -2.68. The van der Waals surface area contributed by atoms with Crippen LogP contribution in [-0.4, -0.2) is 62.9 Å². The number of rotatable bonds is 4. The van der Waals surface area contributed by atoms with Crippen LogP contribution in [0.15, 0.2) is 35.2 Å². The molecule has 1 atom stereocenters. The number of hydrogen-bond acceptors (Lipinski definition) is 7. The van der Waals surface area contributed by atoms with E-state index in [0.717, 1.165) is 53.9 Å². The summed E-state index contributed by atoms with van der Waals surface area (Å²) in [6.07, 6.45) is 2.27. The molecule has 10 heteroatoms. The van der Waals surface area contributed by atoms with Gasteiger partial charge in [-0.25, -0.2) is 4.79 Å². The van der Waals surface area contributed by atoms with Crippen LogP contribution < -0.4 is 4.90 Å². The number of aliphatic hydroxyl groups is 1. The third kappa shape index (κ3) is 4.56. The van der Waals surface area contributed by atoms with Gasteiger partial charge in [-0.15, -0.1) is 12.4 Å². The zero-order valence-electron chi connectivity index (χ0n) is 20.8. The first-order chi connectivity index (χ1) is 17.2. The van der Waals surface area contributed by atoms with Crippen LogP contribution >= 0.6 is 23.0 Å². The molecule has 8 nitrogen and oxygen atoms in total. The number of carbonyl (C=O) groups excluding carboxylic acids is 2. The monoisotopic (exact) mass is 548 g/mol. The van der Waals surface area contributed by atoms with E-state index in [1.54, 1.807) is 12.1 Å². The number of piperidine rings is 1. The molecule has 1 amide bonds. The molecule has 4 aliphatic heterocycles. The number of cyclic esters (lactones) is 1. The van der Waals surface area contributed by atoms with E-state index in [-0.39, 0.29) is 36.3 Å². The van der Waals surface area contributed by atoms with E-state index >= 15 is 0 Å². The van der Waals surface area contributed by atoms with Crippen LogP contribution in [0.1, 0.15) is 58.0 Å². The lowest BCUT2D eigenvalue weighted by atomic mass is 9.77. The molecule has 2 fully saturated rings. The number of likely N-dealkylation sites (tertiary alicyclic amines) is 1. The summed E-state index contributed by atoms with van der Waals surface area (Å²) in [5, 5.41) is 11.0. The molecule has 6 rings (SSSR count). The van der Waals surface area contributed by atoms with Gasteiger partial charge in [0.05, 0.1) is 16.6 Å². The maximum atomic E-state index is 13.0. The molecule has 0 unspecified atom stereocenters. The Balaban J connectivity index is 0.00000280. The van der Waals surface area contributed by atoms with Crippen molar-refractivity contribution in [1.82, 2.24) is 4.90 Å². The number of anilines is 1. The zero-order chi connectivity index (χ0) is 25.2. The Morgan fingerprint density at radius 1 is 1.14 bits per heavy atom. The number of ether oxygens (including phenoxy) is 1. The number of amides is 1. The molecule has 0 radical (unpaired) electrons. The highest BCUT2D eigenvalue weighted by Crippen LogP contribution is 2.55. The van der Waals surface area contributed by atoms with Gasteiger partial charge in [-0.1, -0.05) is 6.07 Å². The first-order valence-corrected chi connectivity index (χ1v) is 14.3. The van der Waals surface area contributed by atoms with Crippen LogP contribution in [0.5, 0.6) is 0 Å². The lowest BCUT2D eigenvalue weighted by molar-refractivity contribution is -0.118. The van der Waals surface area contributed by atoms with Gasteiger partial charge in [0, 0.05) is 36.5 Å². The lowest BCUT2D eigenvalue weighted by Gasteiger charge is -2.39. The van der Waals surface area contributed by atoms with Gasteiger partial charge in [0.1, 0.15) is 6.61 Å². The third-order valence-corrected chi connectivity index (χ3v) is 10.5. The maximum Gasteiger partial charge on any atom is 0.338 e. The molecule has 37 heavy (non-hydrogen) atoms. The first kappa shape index (κ1) is 26.5. The summed E-state index contributed by atoms with van der Waals surface area (Å²) in [5.74, 6) is 0.187. The number of aryl methyl sites for hydroxylation is 1. The van der Waals surface area contributed by atoms with Crippen molar-refractivity contribution in [3.63, 3.8) is 0 Å². The Bertz CT molecular complexity index is 1260.